The van der Waals surface area contributed by atoms with Crippen LogP contribution < -0.4 is 5.32 Å². The second kappa shape index (κ2) is 7.11. The van der Waals surface area contributed by atoms with E-state index in [0.717, 1.165) is 18.9 Å². The molecular weight excluding hydrogens is 263 g/mol. The summed E-state index contributed by atoms with van der Waals surface area (Å²) in [5, 5.41) is 3.02. The van der Waals surface area contributed by atoms with Crippen LogP contribution in [0.4, 0.5) is 13.2 Å². The first-order valence-electron chi connectivity index (χ1n) is 7.43. The van der Waals surface area contributed by atoms with Crippen molar-refractivity contribution in [2.24, 2.45) is 5.92 Å². The maximum Gasteiger partial charge on any atom is 0.161 e. The minimum absolute atomic E-state index is 0.224. The summed E-state index contributed by atoms with van der Waals surface area (Å²) in [4.78, 5) is 0. The van der Waals surface area contributed by atoms with Gasteiger partial charge in [0.25, 0.3) is 0 Å². The molecule has 112 valence electrons. The van der Waals surface area contributed by atoms with E-state index in [1.807, 2.05) is 0 Å². The number of rotatable bonds is 5. The molecule has 0 saturated heterocycles. The first-order chi connectivity index (χ1) is 9.61. The van der Waals surface area contributed by atoms with Gasteiger partial charge in [-0.05, 0) is 31.9 Å². The summed E-state index contributed by atoms with van der Waals surface area (Å²) >= 11 is 0. The van der Waals surface area contributed by atoms with Gasteiger partial charge < -0.3 is 5.32 Å². The van der Waals surface area contributed by atoms with E-state index >= 15 is 0 Å². The Kier molecular flexibility index (Phi) is 5.46. The molecule has 1 fully saturated rings. The molecule has 1 aromatic rings. The molecule has 20 heavy (non-hydrogen) atoms. The third-order valence-electron chi connectivity index (χ3n) is 4.35. The van der Waals surface area contributed by atoms with Crippen molar-refractivity contribution in [1.82, 2.24) is 5.32 Å². The summed E-state index contributed by atoms with van der Waals surface area (Å²) in [6, 6.07) is 1.36. The van der Waals surface area contributed by atoms with E-state index in [1.54, 1.807) is 7.05 Å². The highest BCUT2D eigenvalue weighted by atomic mass is 19.2. The zero-order valence-electron chi connectivity index (χ0n) is 11.9. The fourth-order valence-electron chi connectivity index (χ4n) is 3.14. The van der Waals surface area contributed by atoms with E-state index in [1.165, 1.54) is 32.1 Å². The quantitative estimate of drug-likeness (QED) is 0.771. The molecule has 1 aliphatic carbocycles. The van der Waals surface area contributed by atoms with E-state index in [-0.39, 0.29) is 11.6 Å². The monoisotopic (exact) mass is 285 g/mol. The zero-order chi connectivity index (χ0) is 14.5. The third-order valence-corrected chi connectivity index (χ3v) is 4.35. The Bertz CT molecular complexity index is 442. The minimum atomic E-state index is -1.13. The van der Waals surface area contributed by atoms with Crippen molar-refractivity contribution in [2.45, 2.75) is 51.0 Å². The van der Waals surface area contributed by atoms with E-state index in [4.69, 9.17) is 0 Å². The summed E-state index contributed by atoms with van der Waals surface area (Å²) in [5.74, 6) is -2.10. The van der Waals surface area contributed by atoms with Crippen molar-refractivity contribution in [3.8, 4) is 0 Å². The van der Waals surface area contributed by atoms with Gasteiger partial charge in [-0.25, -0.2) is 13.2 Å². The first kappa shape index (κ1) is 15.4. The number of nitrogens with one attached hydrogen (secondary N) is 1. The first-order valence-corrected chi connectivity index (χ1v) is 7.43. The number of hydrogen-bond acceptors (Lipinski definition) is 1. The summed E-state index contributed by atoms with van der Waals surface area (Å²) in [7, 11) is 1.73. The molecular formula is C16H22F3N. The van der Waals surface area contributed by atoms with E-state index in [0.29, 0.717) is 12.0 Å². The SMILES string of the molecule is CNC(CCC1CCCCC1)c1cc(F)c(F)cc1F. The van der Waals surface area contributed by atoms with Gasteiger partial charge in [0.2, 0.25) is 0 Å². The van der Waals surface area contributed by atoms with E-state index in [2.05, 4.69) is 5.32 Å². The summed E-state index contributed by atoms with van der Waals surface area (Å²) in [6.45, 7) is 0. The number of hydrogen-bond donors (Lipinski definition) is 1. The molecule has 1 N–H and O–H groups in total. The van der Waals surface area contributed by atoms with Crippen molar-refractivity contribution < 1.29 is 13.2 Å². The molecule has 0 spiro atoms. The molecule has 0 amide bonds. The van der Waals surface area contributed by atoms with Gasteiger partial charge in [-0.1, -0.05) is 32.1 Å². The number of halogens is 3. The van der Waals surface area contributed by atoms with Gasteiger partial charge in [0.05, 0.1) is 0 Å². The smallest absolute Gasteiger partial charge is 0.161 e. The van der Waals surface area contributed by atoms with Gasteiger partial charge >= 0.3 is 0 Å². The Labute approximate surface area is 118 Å². The molecule has 1 aromatic carbocycles. The minimum Gasteiger partial charge on any atom is -0.313 e. The molecule has 1 aliphatic rings. The van der Waals surface area contributed by atoms with Crippen molar-refractivity contribution in [3.63, 3.8) is 0 Å². The van der Waals surface area contributed by atoms with Crippen LogP contribution in [0.5, 0.6) is 0 Å². The number of benzene rings is 1. The highest BCUT2D eigenvalue weighted by Crippen LogP contribution is 2.31. The van der Waals surface area contributed by atoms with Crippen LogP contribution in [0, 0.1) is 23.4 Å². The van der Waals surface area contributed by atoms with Crippen LogP contribution in [-0.2, 0) is 0 Å². The van der Waals surface area contributed by atoms with Crippen molar-refractivity contribution in [2.75, 3.05) is 7.05 Å². The molecule has 0 heterocycles. The molecule has 0 radical (unpaired) electrons. The lowest BCUT2D eigenvalue weighted by Gasteiger charge is -2.24. The van der Waals surface area contributed by atoms with E-state index in [9.17, 15) is 13.2 Å². The third kappa shape index (κ3) is 3.75. The van der Waals surface area contributed by atoms with Crippen LogP contribution in [0.25, 0.3) is 0 Å². The maximum atomic E-state index is 13.8. The highest BCUT2D eigenvalue weighted by molar-refractivity contribution is 5.23. The largest absolute Gasteiger partial charge is 0.313 e. The standard InChI is InChI=1S/C16H22F3N/c1-20-16(8-7-11-5-3-2-4-6-11)12-9-14(18)15(19)10-13(12)17/h9-11,16,20H,2-8H2,1H3. The Morgan fingerprint density at radius 3 is 2.35 bits per heavy atom. The predicted octanol–water partition coefficient (Wildman–Crippen LogP) is 4.72. The van der Waals surface area contributed by atoms with Gasteiger partial charge in [0, 0.05) is 17.7 Å². The molecule has 1 nitrogen and oxygen atoms in total. The molecule has 0 bridgehead atoms. The van der Waals surface area contributed by atoms with Gasteiger partial charge in [0.1, 0.15) is 5.82 Å². The molecule has 0 aromatic heterocycles. The molecule has 1 saturated carbocycles. The molecule has 1 unspecified atom stereocenters. The second-order valence-corrected chi connectivity index (χ2v) is 5.71. The van der Waals surface area contributed by atoms with Crippen molar-refractivity contribution in [1.29, 1.82) is 0 Å². The van der Waals surface area contributed by atoms with Gasteiger partial charge in [-0.3, -0.25) is 0 Å². The van der Waals surface area contributed by atoms with Crippen molar-refractivity contribution >= 4 is 0 Å². The summed E-state index contributed by atoms with van der Waals surface area (Å²) in [6.07, 6.45) is 8.08. The van der Waals surface area contributed by atoms with Crippen LogP contribution in [0.1, 0.15) is 56.6 Å². The van der Waals surface area contributed by atoms with Crippen LogP contribution in [-0.4, -0.2) is 7.05 Å². The summed E-state index contributed by atoms with van der Waals surface area (Å²) < 4.78 is 40.0. The maximum absolute atomic E-state index is 13.8. The van der Waals surface area contributed by atoms with Crippen LogP contribution in [0.2, 0.25) is 0 Å². The Morgan fingerprint density at radius 1 is 1.05 bits per heavy atom. The second-order valence-electron chi connectivity index (χ2n) is 5.71. The average molecular weight is 285 g/mol. The molecule has 2 rings (SSSR count). The molecule has 4 heteroatoms. The van der Waals surface area contributed by atoms with Gasteiger partial charge in [-0.15, -0.1) is 0 Å². The molecule has 1 atom stereocenters. The lowest BCUT2D eigenvalue weighted by Crippen LogP contribution is -2.20. The highest BCUT2D eigenvalue weighted by Gasteiger charge is 2.20. The fourth-order valence-corrected chi connectivity index (χ4v) is 3.14. The normalized spacial score (nSPS) is 18.2. The lowest BCUT2D eigenvalue weighted by molar-refractivity contribution is 0.315. The van der Waals surface area contributed by atoms with Gasteiger partial charge in [0.15, 0.2) is 11.6 Å². The van der Waals surface area contributed by atoms with Crippen LogP contribution in [0.15, 0.2) is 12.1 Å². The van der Waals surface area contributed by atoms with Crippen LogP contribution >= 0.6 is 0 Å². The Hall–Kier alpha value is -1.03. The average Bonchev–Trinajstić information content (AvgIpc) is 2.46. The van der Waals surface area contributed by atoms with E-state index < -0.39 is 17.5 Å². The predicted molar refractivity (Wildman–Crippen MR) is 73.9 cm³/mol. The van der Waals surface area contributed by atoms with Crippen molar-refractivity contribution in [3.05, 3.63) is 35.1 Å². The zero-order valence-corrected chi connectivity index (χ0v) is 11.9. The Balaban J connectivity index is 2.02. The topological polar surface area (TPSA) is 12.0 Å². The molecule has 0 aliphatic heterocycles. The van der Waals surface area contributed by atoms with Gasteiger partial charge in [-0.2, -0.15) is 0 Å². The Morgan fingerprint density at radius 2 is 1.70 bits per heavy atom. The summed E-state index contributed by atoms with van der Waals surface area (Å²) in [5.41, 5.74) is 0.224. The fraction of sp³-hybridized carbons (Fsp3) is 0.625. The van der Waals surface area contributed by atoms with Crippen LogP contribution in [0.3, 0.4) is 0 Å². The lowest BCUT2D eigenvalue weighted by atomic mass is 9.84.